The van der Waals surface area contributed by atoms with Crippen LogP contribution in [0.3, 0.4) is 0 Å². The number of pyridine rings is 1. The molecule has 0 saturated heterocycles. The summed E-state index contributed by atoms with van der Waals surface area (Å²) in [6.07, 6.45) is 1.09. The van der Waals surface area contributed by atoms with Crippen LogP contribution >= 0.6 is 0 Å². The number of rotatable bonds is 8. The van der Waals surface area contributed by atoms with Crippen LogP contribution in [0.2, 0.25) is 0 Å². The van der Waals surface area contributed by atoms with Gasteiger partial charge in [0.15, 0.2) is 5.65 Å². The number of aromatic nitrogens is 3. The van der Waals surface area contributed by atoms with Crippen LogP contribution in [0.5, 0.6) is 0 Å². The molecule has 0 aliphatic heterocycles. The van der Waals surface area contributed by atoms with Crippen molar-refractivity contribution in [1.82, 2.24) is 25.0 Å². The monoisotopic (exact) mass is 469 g/mol. The van der Waals surface area contributed by atoms with Crippen LogP contribution in [-0.2, 0) is 31.4 Å². The summed E-state index contributed by atoms with van der Waals surface area (Å²) in [5.74, 6) is 0.0444. The summed E-state index contributed by atoms with van der Waals surface area (Å²) in [5, 5.41) is 8.74. The second-order valence-corrected chi connectivity index (χ2v) is 9.58. The number of benzene rings is 2. The number of hydrogen-bond acceptors (Lipinski definition) is 4. The standard InChI is InChI=1S/C29H35N5O/c1-19-25(20(2)31-29-28(19)21(3)32-34(29)6)15-16-27(35)30-17-24-9-7-8-10-26(24)23-13-11-22(12-14-23)18-33(4)5/h7-14H,15-18H2,1-6H3,(H,30,35). The number of carbonyl (C=O) groups excluding carboxylic acids is 1. The molecular weight excluding hydrogens is 434 g/mol. The van der Waals surface area contributed by atoms with E-state index in [0.29, 0.717) is 19.4 Å². The molecule has 182 valence electrons. The zero-order valence-corrected chi connectivity index (χ0v) is 21.6. The van der Waals surface area contributed by atoms with E-state index in [9.17, 15) is 4.79 Å². The maximum absolute atomic E-state index is 12.8. The topological polar surface area (TPSA) is 63.1 Å². The zero-order chi connectivity index (χ0) is 25.1. The first-order valence-corrected chi connectivity index (χ1v) is 12.1. The first-order valence-electron chi connectivity index (χ1n) is 12.1. The van der Waals surface area contributed by atoms with Gasteiger partial charge in [0.2, 0.25) is 5.91 Å². The molecule has 0 bridgehead atoms. The van der Waals surface area contributed by atoms with Crippen molar-refractivity contribution in [3.63, 3.8) is 0 Å². The largest absolute Gasteiger partial charge is 0.352 e. The Labute approximate surface area is 208 Å². The van der Waals surface area contributed by atoms with Gasteiger partial charge >= 0.3 is 0 Å². The summed E-state index contributed by atoms with van der Waals surface area (Å²) >= 11 is 0. The maximum Gasteiger partial charge on any atom is 0.220 e. The van der Waals surface area contributed by atoms with Crippen molar-refractivity contribution in [2.45, 2.75) is 46.7 Å². The van der Waals surface area contributed by atoms with Gasteiger partial charge in [-0.15, -0.1) is 0 Å². The van der Waals surface area contributed by atoms with Crippen LogP contribution in [0.1, 0.15) is 40.1 Å². The number of nitrogens with zero attached hydrogens (tertiary/aromatic N) is 4. The third-order valence-corrected chi connectivity index (χ3v) is 6.59. The molecule has 6 heteroatoms. The quantitative estimate of drug-likeness (QED) is 0.400. The number of amides is 1. The minimum atomic E-state index is 0.0444. The van der Waals surface area contributed by atoms with Gasteiger partial charge in [-0.2, -0.15) is 5.10 Å². The average Bonchev–Trinajstić information content (AvgIpc) is 3.10. The van der Waals surface area contributed by atoms with Gasteiger partial charge < -0.3 is 10.2 Å². The highest BCUT2D eigenvalue weighted by Crippen LogP contribution is 2.27. The first-order chi connectivity index (χ1) is 16.7. The van der Waals surface area contributed by atoms with E-state index in [1.165, 1.54) is 11.1 Å². The number of hydrogen-bond donors (Lipinski definition) is 1. The van der Waals surface area contributed by atoms with E-state index in [1.807, 2.05) is 37.7 Å². The molecule has 0 aliphatic rings. The predicted molar refractivity (Wildman–Crippen MR) is 142 cm³/mol. The van der Waals surface area contributed by atoms with Gasteiger partial charge in [-0.05, 0) is 74.7 Å². The van der Waals surface area contributed by atoms with Crippen molar-refractivity contribution in [2.24, 2.45) is 7.05 Å². The second kappa shape index (κ2) is 10.4. The highest BCUT2D eigenvalue weighted by atomic mass is 16.1. The van der Waals surface area contributed by atoms with Crippen molar-refractivity contribution in [2.75, 3.05) is 14.1 Å². The molecule has 35 heavy (non-hydrogen) atoms. The third kappa shape index (κ3) is 5.43. The van der Waals surface area contributed by atoms with Crippen molar-refractivity contribution >= 4 is 16.9 Å². The smallest absolute Gasteiger partial charge is 0.220 e. The lowest BCUT2D eigenvalue weighted by Gasteiger charge is -2.14. The van der Waals surface area contributed by atoms with Gasteiger partial charge in [0.25, 0.3) is 0 Å². The van der Waals surface area contributed by atoms with E-state index in [2.05, 4.69) is 72.7 Å². The number of aryl methyl sites for hydroxylation is 4. The fourth-order valence-electron chi connectivity index (χ4n) is 4.86. The second-order valence-electron chi connectivity index (χ2n) is 9.58. The van der Waals surface area contributed by atoms with Crippen LogP contribution in [0.4, 0.5) is 0 Å². The Morgan fingerprint density at radius 2 is 1.71 bits per heavy atom. The Bertz CT molecular complexity index is 1350. The SMILES string of the molecule is Cc1nc2c(c(C)nn2C)c(C)c1CCC(=O)NCc1ccccc1-c1ccc(CN(C)C)cc1. The molecule has 0 spiro atoms. The van der Waals surface area contributed by atoms with E-state index < -0.39 is 0 Å². The van der Waals surface area contributed by atoms with E-state index in [4.69, 9.17) is 4.98 Å². The van der Waals surface area contributed by atoms with Crippen LogP contribution in [0.15, 0.2) is 48.5 Å². The molecule has 0 fully saturated rings. The average molecular weight is 470 g/mol. The Morgan fingerprint density at radius 3 is 2.43 bits per heavy atom. The molecule has 4 aromatic rings. The Morgan fingerprint density at radius 1 is 1.00 bits per heavy atom. The Hall–Kier alpha value is -3.51. The number of nitrogens with one attached hydrogen (secondary N) is 1. The summed E-state index contributed by atoms with van der Waals surface area (Å²) in [5.41, 5.74) is 9.87. The van der Waals surface area contributed by atoms with Gasteiger partial charge in [0, 0.05) is 37.6 Å². The molecule has 0 radical (unpaired) electrons. The number of fused-ring (bicyclic) bond motifs is 1. The van der Waals surface area contributed by atoms with Gasteiger partial charge in [-0.25, -0.2) is 4.98 Å². The van der Waals surface area contributed by atoms with E-state index in [1.54, 1.807) is 0 Å². The predicted octanol–water partition coefficient (Wildman–Crippen LogP) is 4.87. The minimum Gasteiger partial charge on any atom is -0.352 e. The third-order valence-electron chi connectivity index (χ3n) is 6.59. The Kier molecular flexibility index (Phi) is 7.31. The molecule has 2 heterocycles. The summed E-state index contributed by atoms with van der Waals surface area (Å²) in [4.78, 5) is 19.7. The molecule has 4 rings (SSSR count). The maximum atomic E-state index is 12.8. The summed E-state index contributed by atoms with van der Waals surface area (Å²) in [7, 11) is 6.07. The summed E-state index contributed by atoms with van der Waals surface area (Å²) in [6, 6.07) is 16.9. The van der Waals surface area contributed by atoms with E-state index in [-0.39, 0.29) is 5.91 Å². The highest BCUT2D eigenvalue weighted by molar-refractivity contribution is 5.84. The van der Waals surface area contributed by atoms with Crippen LogP contribution in [0.25, 0.3) is 22.2 Å². The summed E-state index contributed by atoms with van der Waals surface area (Å²) in [6.45, 7) is 7.56. The molecule has 0 saturated carbocycles. The van der Waals surface area contributed by atoms with E-state index in [0.717, 1.165) is 51.2 Å². The van der Waals surface area contributed by atoms with Crippen molar-refractivity contribution in [3.05, 3.63) is 82.2 Å². The lowest BCUT2D eigenvalue weighted by molar-refractivity contribution is -0.121. The molecule has 1 amide bonds. The van der Waals surface area contributed by atoms with Crippen molar-refractivity contribution < 1.29 is 4.79 Å². The normalized spacial score (nSPS) is 11.4. The summed E-state index contributed by atoms with van der Waals surface area (Å²) < 4.78 is 1.83. The zero-order valence-electron chi connectivity index (χ0n) is 21.6. The van der Waals surface area contributed by atoms with E-state index >= 15 is 0 Å². The molecule has 2 aromatic carbocycles. The lowest BCUT2D eigenvalue weighted by Crippen LogP contribution is -2.23. The van der Waals surface area contributed by atoms with Gasteiger partial charge in [0.1, 0.15) is 0 Å². The van der Waals surface area contributed by atoms with Crippen LogP contribution in [-0.4, -0.2) is 39.7 Å². The van der Waals surface area contributed by atoms with Crippen LogP contribution in [0, 0.1) is 20.8 Å². The molecule has 2 aromatic heterocycles. The Balaban J connectivity index is 1.43. The molecule has 6 nitrogen and oxygen atoms in total. The molecule has 1 N–H and O–H groups in total. The fraction of sp³-hybridized carbons (Fsp3) is 0.345. The molecule has 0 aliphatic carbocycles. The molecular formula is C29H35N5O. The van der Waals surface area contributed by atoms with Crippen molar-refractivity contribution in [1.29, 1.82) is 0 Å². The van der Waals surface area contributed by atoms with Crippen molar-refractivity contribution in [3.8, 4) is 11.1 Å². The van der Waals surface area contributed by atoms with Gasteiger partial charge in [-0.3, -0.25) is 9.48 Å². The van der Waals surface area contributed by atoms with Gasteiger partial charge in [-0.1, -0.05) is 48.5 Å². The number of carbonyl (C=O) groups is 1. The lowest BCUT2D eigenvalue weighted by atomic mass is 9.98. The minimum absolute atomic E-state index is 0.0444. The van der Waals surface area contributed by atoms with Crippen LogP contribution < -0.4 is 5.32 Å². The molecule has 0 unspecified atom stereocenters. The highest BCUT2D eigenvalue weighted by Gasteiger charge is 2.16. The fourth-order valence-corrected chi connectivity index (χ4v) is 4.86. The first kappa shape index (κ1) is 24.6. The molecule has 0 atom stereocenters. The van der Waals surface area contributed by atoms with Gasteiger partial charge in [0.05, 0.1) is 5.69 Å².